The maximum Gasteiger partial charge on any atom is 0.123 e. The number of hydrogen-bond donors (Lipinski definition) is 0. The van der Waals surface area contributed by atoms with Crippen LogP contribution in [0.1, 0.15) is 5.56 Å². The standard InChI is InChI=1S/C19H13BrFN3S/c20-15-5-3-14(4-6-15)17-11-18-19(22-9-10-24(18)23-17)25-12-13-1-7-16(21)8-2-13/h1-11H,12H2. The van der Waals surface area contributed by atoms with Gasteiger partial charge in [-0.1, -0.05) is 52.0 Å². The van der Waals surface area contributed by atoms with Crippen molar-refractivity contribution in [3.63, 3.8) is 0 Å². The molecular formula is C19H13BrFN3S. The third-order valence-corrected chi connectivity index (χ3v) is 5.38. The number of halogens is 2. The highest BCUT2D eigenvalue weighted by molar-refractivity contribution is 9.10. The highest BCUT2D eigenvalue weighted by Crippen LogP contribution is 2.28. The minimum atomic E-state index is -0.219. The van der Waals surface area contributed by atoms with Crippen molar-refractivity contribution in [2.45, 2.75) is 10.8 Å². The summed E-state index contributed by atoms with van der Waals surface area (Å²) in [5, 5.41) is 5.54. The van der Waals surface area contributed by atoms with Crippen LogP contribution in [0.3, 0.4) is 0 Å². The van der Waals surface area contributed by atoms with Crippen molar-refractivity contribution in [2.24, 2.45) is 0 Å². The Kier molecular flexibility index (Phi) is 4.55. The summed E-state index contributed by atoms with van der Waals surface area (Å²) in [5.74, 6) is 0.509. The first-order valence-electron chi connectivity index (χ1n) is 7.66. The lowest BCUT2D eigenvalue weighted by atomic mass is 10.1. The van der Waals surface area contributed by atoms with Gasteiger partial charge in [0.1, 0.15) is 10.8 Å². The first kappa shape index (κ1) is 16.3. The summed E-state index contributed by atoms with van der Waals surface area (Å²) in [7, 11) is 0. The van der Waals surface area contributed by atoms with E-state index in [4.69, 9.17) is 0 Å². The van der Waals surface area contributed by atoms with E-state index in [1.165, 1.54) is 12.1 Å². The molecule has 0 bridgehead atoms. The Balaban J connectivity index is 1.63. The molecule has 0 aliphatic heterocycles. The molecule has 0 aliphatic rings. The molecule has 0 N–H and O–H groups in total. The van der Waals surface area contributed by atoms with Gasteiger partial charge in [0.15, 0.2) is 0 Å². The molecule has 124 valence electrons. The van der Waals surface area contributed by atoms with Gasteiger partial charge in [-0.15, -0.1) is 0 Å². The monoisotopic (exact) mass is 413 g/mol. The van der Waals surface area contributed by atoms with Gasteiger partial charge in [0, 0.05) is 28.2 Å². The molecule has 0 saturated carbocycles. The molecule has 2 aromatic carbocycles. The quantitative estimate of drug-likeness (QED) is 0.408. The molecule has 4 aromatic rings. The van der Waals surface area contributed by atoms with Crippen molar-refractivity contribution in [3.05, 3.63) is 82.8 Å². The van der Waals surface area contributed by atoms with Crippen LogP contribution in [0, 0.1) is 5.82 Å². The molecule has 0 radical (unpaired) electrons. The minimum absolute atomic E-state index is 0.219. The highest BCUT2D eigenvalue weighted by atomic mass is 79.9. The molecule has 0 atom stereocenters. The van der Waals surface area contributed by atoms with Crippen molar-refractivity contribution in [2.75, 3.05) is 0 Å². The van der Waals surface area contributed by atoms with Crippen LogP contribution >= 0.6 is 27.7 Å². The average molecular weight is 414 g/mol. The van der Waals surface area contributed by atoms with Crippen molar-refractivity contribution in [1.82, 2.24) is 14.6 Å². The Morgan fingerprint density at radius 3 is 2.56 bits per heavy atom. The summed E-state index contributed by atoms with van der Waals surface area (Å²) in [6.45, 7) is 0. The second-order valence-electron chi connectivity index (χ2n) is 5.51. The van der Waals surface area contributed by atoms with E-state index in [9.17, 15) is 4.39 Å². The topological polar surface area (TPSA) is 30.2 Å². The van der Waals surface area contributed by atoms with Crippen LogP contribution in [-0.2, 0) is 5.75 Å². The predicted octanol–water partition coefficient (Wildman–Crippen LogP) is 5.59. The summed E-state index contributed by atoms with van der Waals surface area (Å²) in [6.07, 6.45) is 3.60. The van der Waals surface area contributed by atoms with Gasteiger partial charge >= 0.3 is 0 Å². The van der Waals surface area contributed by atoms with Crippen LogP contribution in [0.15, 0.2) is 76.5 Å². The maximum absolute atomic E-state index is 13.0. The fourth-order valence-corrected chi connectivity index (χ4v) is 3.70. The molecule has 0 unspecified atom stereocenters. The molecule has 0 spiro atoms. The van der Waals surface area contributed by atoms with E-state index in [1.54, 1.807) is 30.1 Å². The van der Waals surface area contributed by atoms with E-state index >= 15 is 0 Å². The van der Waals surface area contributed by atoms with Crippen LogP contribution < -0.4 is 0 Å². The number of fused-ring (bicyclic) bond motifs is 1. The first-order chi connectivity index (χ1) is 12.2. The predicted molar refractivity (Wildman–Crippen MR) is 102 cm³/mol. The van der Waals surface area contributed by atoms with Crippen molar-refractivity contribution >= 4 is 33.2 Å². The fourth-order valence-electron chi connectivity index (χ4n) is 2.50. The molecule has 2 heterocycles. The molecule has 2 aromatic heterocycles. The van der Waals surface area contributed by atoms with E-state index in [1.807, 2.05) is 41.0 Å². The second kappa shape index (κ2) is 6.98. The zero-order chi connectivity index (χ0) is 17.2. The van der Waals surface area contributed by atoms with Crippen LogP contribution in [0.2, 0.25) is 0 Å². The van der Waals surface area contributed by atoms with Gasteiger partial charge in [-0.2, -0.15) is 5.10 Å². The summed E-state index contributed by atoms with van der Waals surface area (Å²) >= 11 is 5.07. The van der Waals surface area contributed by atoms with Crippen LogP contribution in [0.4, 0.5) is 4.39 Å². The lowest BCUT2D eigenvalue weighted by Gasteiger charge is -2.03. The Morgan fingerprint density at radius 1 is 1.04 bits per heavy atom. The number of rotatable bonds is 4. The van der Waals surface area contributed by atoms with Crippen LogP contribution in [0.5, 0.6) is 0 Å². The third-order valence-electron chi connectivity index (χ3n) is 3.78. The average Bonchev–Trinajstić information content (AvgIpc) is 3.06. The van der Waals surface area contributed by atoms with Gasteiger partial charge in [0.05, 0.1) is 11.2 Å². The summed E-state index contributed by atoms with van der Waals surface area (Å²) in [6, 6.07) is 16.7. The molecule has 0 fully saturated rings. The smallest absolute Gasteiger partial charge is 0.123 e. The number of nitrogens with zero attached hydrogens (tertiary/aromatic N) is 3. The SMILES string of the molecule is Fc1ccc(CSc2nccn3nc(-c4ccc(Br)cc4)cc23)cc1. The summed E-state index contributed by atoms with van der Waals surface area (Å²) < 4.78 is 15.9. The van der Waals surface area contributed by atoms with Crippen molar-refractivity contribution < 1.29 is 4.39 Å². The third kappa shape index (κ3) is 3.60. The highest BCUT2D eigenvalue weighted by Gasteiger charge is 2.10. The molecule has 4 rings (SSSR count). The van der Waals surface area contributed by atoms with Gasteiger partial charge in [0.25, 0.3) is 0 Å². The van der Waals surface area contributed by atoms with Gasteiger partial charge in [0.2, 0.25) is 0 Å². The maximum atomic E-state index is 13.0. The van der Waals surface area contributed by atoms with Crippen LogP contribution in [-0.4, -0.2) is 14.6 Å². The van der Waals surface area contributed by atoms with Gasteiger partial charge in [-0.25, -0.2) is 13.9 Å². The Labute approximate surface area is 157 Å². The molecule has 0 aliphatic carbocycles. The van der Waals surface area contributed by atoms with E-state index in [2.05, 4.69) is 26.0 Å². The minimum Gasteiger partial charge on any atom is -0.246 e. The Morgan fingerprint density at radius 2 is 1.80 bits per heavy atom. The summed E-state index contributed by atoms with van der Waals surface area (Å²) in [5.41, 5.74) is 3.99. The lowest BCUT2D eigenvalue weighted by molar-refractivity contribution is 0.627. The number of thioether (sulfide) groups is 1. The van der Waals surface area contributed by atoms with Gasteiger partial charge in [-0.3, -0.25) is 0 Å². The van der Waals surface area contributed by atoms with Crippen molar-refractivity contribution in [3.8, 4) is 11.3 Å². The molecule has 0 saturated heterocycles. The van der Waals surface area contributed by atoms with Crippen molar-refractivity contribution in [1.29, 1.82) is 0 Å². The zero-order valence-electron chi connectivity index (χ0n) is 13.1. The second-order valence-corrected chi connectivity index (χ2v) is 7.39. The molecule has 3 nitrogen and oxygen atoms in total. The molecule has 0 amide bonds. The fraction of sp³-hybridized carbons (Fsp3) is 0.0526. The van der Waals surface area contributed by atoms with Gasteiger partial charge < -0.3 is 0 Å². The summed E-state index contributed by atoms with van der Waals surface area (Å²) in [4.78, 5) is 4.48. The first-order valence-corrected chi connectivity index (χ1v) is 9.44. The largest absolute Gasteiger partial charge is 0.246 e. The lowest BCUT2D eigenvalue weighted by Crippen LogP contribution is -1.91. The van der Waals surface area contributed by atoms with E-state index < -0.39 is 0 Å². The number of aromatic nitrogens is 3. The van der Waals surface area contributed by atoms with Crippen LogP contribution in [0.25, 0.3) is 16.8 Å². The van der Waals surface area contributed by atoms with E-state index in [-0.39, 0.29) is 5.82 Å². The van der Waals surface area contributed by atoms with Gasteiger partial charge in [-0.05, 0) is 35.9 Å². The number of hydrogen-bond acceptors (Lipinski definition) is 3. The number of benzene rings is 2. The Bertz CT molecular complexity index is 1010. The zero-order valence-corrected chi connectivity index (χ0v) is 15.5. The normalized spacial score (nSPS) is 11.1. The van der Waals surface area contributed by atoms with E-state index in [0.717, 1.165) is 37.6 Å². The molecule has 25 heavy (non-hydrogen) atoms. The molecule has 6 heteroatoms. The Hall–Kier alpha value is -2.18. The van der Waals surface area contributed by atoms with E-state index in [0.29, 0.717) is 0 Å². The molecular weight excluding hydrogens is 401 g/mol.